The van der Waals surface area contributed by atoms with Gasteiger partial charge in [0.25, 0.3) is 5.91 Å². The van der Waals surface area contributed by atoms with Gasteiger partial charge in [-0.05, 0) is 29.3 Å². The van der Waals surface area contributed by atoms with Gasteiger partial charge in [-0.15, -0.1) is 0 Å². The minimum atomic E-state index is -0.624. The molecular weight excluding hydrogens is 358 g/mol. The zero-order valence-electron chi connectivity index (χ0n) is 12.7. The molecule has 5 heteroatoms. The Hall–Kier alpha value is -2.14. The lowest BCUT2D eigenvalue weighted by Gasteiger charge is -2.25. The van der Waals surface area contributed by atoms with E-state index >= 15 is 0 Å². The summed E-state index contributed by atoms with van der Waals surface area (Å²) in [6.07, 6.45) is 0.439. The lowest BCUT2D eigenvalue weighted by Crippen LogP contribution is -2.43. The fourth-order valence-corrected chi connectivity index (χ4v) is 3.27. The Morgan fingerprint density at radius 1 is 1.26 bits per heavy atom. The maximum Gasteiger partial charge on any atom is 0.328 e. The molecule has 118 valence electrons. The second-order valence-electron chi connectivity index (χ2n) is 5.46. The highest BCUT2D eigenvalue weighted by Crippen LogP contribution is 2.28. The maximum atomic E-state index is 12.7. The highest BCUT2D eigenvalue weighted by Gasteiger charge is 2.37. The summed E-state index contributed by atoms with van der Waals surface area (Å²) in [6.45, 7) is 0.417. The molecule has 2 aromatic carbocycles. The number of carbonyl (C=O) groups is 2. The van der Waals surface area contributed by atoms with E-state index in [1.54, 1.807) is 11.0 Å². The smallest absolute Gasteiger partial charge is 0.328 e. The Kier molecular flexibility index (Phi) is 4.48. The van der Waals surface area contributed by atoms with Crippen LogP contribution in [0, 0.1) is 0 Å². The van der Waals surface area contributed by atoms with E-state index in [-0.39, 0.29) is 5.91 Å². The van der Waals surface area contributed by atoms with Gasteiger partial charge in [-0.3, -0.25) is 4.79 Å². The summed E-state index contributed by atoms with van der Waals surface area (Å²) in [6, 6.07) is 14.6. The fraction of sp³-hybridized carbons (Fsp3) is 0.222. The average molecular weight is 374 g/mol. The highest BCUT2D eigenvalue weighted by atomic mass is 79.9. The van der Waals surface area contributed by atoms with E-state index in [2.05, 4.69) is 15.9 Å². The van der Waals surface area contributed by atoms with Gasteiger partial charge in [0.15, 0.2) is 0 Å². The molecule has 0 bridgehead atoms. The summed E-state index contributed by atoms with van der Waals surface area (Å²) in [5, 5.41) is 0. The number of fused-ring (bicyclic) bond motifs is 1. The predicted octanol–water partition coefficient (Wildman–Crippen LogP) is 3.19. The lowest BCUT2D eigenvalue weighted by molar-refractivity contribution is -0.146. The number of ether oxygens (including phenoxy) is 1. The zero-order chi connectivity index (χ0) is 16.4. The molecule has 1 amide bonds. The molecule has 1 aliphatic rings. The van der Waals surface area contributed by atoms with Gasteiger partial charge in [-0.1, -0.05) is 46.3 Å². The van der Waals surface area contributed by atoms with Crippen LogP contribution < -0.4 is 0 Å². The van der Waals surface area contributed by atoms with Crippen molar-refractivity contribution in [1.82, 2.24) is 4.90 Å². The predicted molar refractivity (Wildman–Crippen MR) is 90.0 cm³/mol. The number of hydrogen-bond donors (Lipinski definition) is 0. The third-order valence-corrected chi connectivity index (χ3v) is 4.51. The van der Waals surface area contributed by atoms with Crippen LogP contribution in [0.15, 0.2) is 53.0 Å². The van der Waals surface area contributed by atoms with E-state index in [1.165, 1.54) is 7.11 Å². The number of nitrogens with zero attached hydrogens (tertiary/aromatic N) is 1. The number of rotatable bonds is 4. The first-order chi connectivity index (χ1) is 11.1. The van der Waals surface area contributed by atoms with E-state index in [9.17, 15) is 9.59 Å². The van der Waals surface area contributed by atoms with Crippen LogP contribution in [0.3, 0.4) is 0 Å². The van der Waals surface area contributed by atoms with Gasteiger partial charge in [0.05, 0.1) is 7.11 Å². The van der Waals surface area contributed by atoms with Gasteiger partial charge < -0.3 is 9.64 Å². The Morgan fingerprint density at radius 2 is 2.00 bits per heavy atom. The molecule has 3 rings (SSSR count). The number of esters is 1. The van der Waals surface area contributed by atoms with Crippen LogP contribution in [-0.2, 0) is 22.5 Å². The Labute approximate surface area is 143 Å². The van der Waals surface area contributed by atoms with E-state index in [0.717, 1.165) is 15.6 Å². The number of halogens is 1. The number of benzene rings is 2. The molecule has 2 aromatic rings. The van der Waals surface area contributed by atoms with Crippen LogP contribution in [0.4, 0.5) is 0 Å². The van der Waals surface area contributed by atoms with Gasteiger partial charge in [0, 0.05) is 23.0 Å². The Morgan fingerprint density at radius 3 is 2.70 bits per heavy atom. The van der Waals surface area contributed by atoms with Crippen molar-refractivity contribution in [3.8, 4) is 0 Å². The van der Waals surface area contributed by atoms with Crippen LogP contribution in [0.25, 0.3) is 0 Å². The Bertz CT molecular complexity index is 745. The van der Waals surface area contributed by atoms with Crippen molar-refractivity contribution >= 4 is 27.8 Å². The molecule has 0 spiro atoms. The first-order valence-corrected chi connectivity index (χ1v) is 8.10. The van der Waals surface area contributed by atoms with E-state index < -0.39 is 12.0 Å². The van der Waals surface area contributed by atoms with Crippen molar-refractivity contribution in [1.29, 1.82) is 0 Å². The molecule has 0 N–H and O–H groups in total. The second kappa shape index (κ2) is 6.54. The third-order valence-electron chi connectivity index (χ3n) is 4.02. The maximum absolute atomic E-state index is 12.7. The largest absolute Gasteiger partial charge is 0.467 e. The first-order valence-electron chi connectivity index (χ1n) is 7.31. The lowest BCUT2D eigenvalue weighted by atomic mass is 10.0. The summed E-state index contributed by atoms with van der Waals surface area (Å²) in [7, 11) is 1.35. The monoisotopic (exact) mass is 373 g/mol. The molecule has 1 heterocycles. The fourth-order valence-electron chi connectivity index (χ4n) is 2.86. The summed E-state index contributed by atoms with van der Waals surface area (Å²) >= 11 is 3.42. The van der Waals surface area contributed by atoms with Gasteiger partial charge in [0.1, 0.15) is 6.04 Å². The molecule has 4 nitrogen and oxygen atoms in total. The molecule has 0 saturated heterocycles. The van der Waals surface area contributed by atoms with Crippen LogP contribution >= 0.6 is 15.9 Å². The molecule has 0 aromatic heterocycles. The molecule has 23 heavy (non-hydrogen) atoms. The van der Waals surface area contributed by atoms with Crippen molar-refractivity contribution in [3.63, 3.8) is 0 Å². The first kappa shape index (κ1) is 15.7. The van der Waals surface area contributed by atoms with Gasteiger partial charge in [-0.2, -0.15) is 0 Å². The van der Waals surface area contributed by atoms with Gasteiger partial charge >= 0.3 is 5.97 Å². The average Bonchev–Trinajstić information content (AvgIpc) is 2.88. The normalized spacial score (nSPS) is 14.5. The quantitative estimate of drug-likeness (QED) is 0.773. The zero-order valence-corrected chi connectivity index (χ0v) is 14.2. The minimum Gasteiger partial charge on any atom is -0.467 e. The standard InChI is InChI=1S/C18H16BrNO3/c1-23-18(22)16(9-12-5-3-2-4-6-12)20-11-13-10-14(19)7-8-15(13)17(20)21/h2-8,10,16H,9,11H2,1H3. The number of methoxy groups -OCH3 is 1. The SMILES string of the molecule is COC(=O)C(Cc1ccccc1)N1Cc2cc(Br)ccc2C1=O. The van der Waals surface area contributed by atoms with E-state index in [0.29, 0.717) is 18.5 Å². The summed E-state index contributed by atoms with van der Waals surface area (Å²) in [4.78, 5) is 26.5. The third kappa shape index (κ3) is 3.15. The van der Waals surface area contributed by atoms with Crippen molar-refractivity contribution in [2.24, 2.45) is 0 Å². The molecule has 0 fully saturated rings. The number of hydrogen-bond acceptors (Lipinski definition) is 3. The summed E-state index contributed by atoms with van der Waals surface area (Å²) in [5.74, 6) is -0.520. The second-order valence-corrected chi connectivity index (χ2v) is 6.38. The summed E-state index contributed by atoms with van der Waals surface area (Å²) < 4.78 is 5.85. The van der Waals surface area contributed by atoms with E-state index in [1.807, 2.05) is 42.5 Å². The van der Waals surface area contributed by atoms with E-state index in [4.69, 9.17) is 4.74 Å². The minimum absolute atomic E-state index is 0.126. The molecule has 0 radical (unpaired) electrons. The van der Waals surface area contributed by atoms with Gasteiger partial charge in [-0.25, -0.2) is 4.79 Å². The molecule has 1 unspecified atom stereocenters. The summed E-state index contributed by atoms with van der Waals surface area (Å²) in [5.41, 5.74) is 2.56. The van der Waals surface area contributed by atoms with Crippen LogP contribution in [0.1, 0.15) is 21.5 Å². The number of amides is 1. The van der Waals surface area contributed by atoms with Crippen LogP contribution in [-0.4, -0.2) is 29.9 Å². The van der Waals surface area contributed by atoms with Gasteiger partial charge in [0.2, 0.25) is 0 Å². The molecular formula is C18H16BrNO3. The molecule has 0 saturated carbocycles. The molecule has 1 atom stereocenters. The van der Waals surface area contributed by atoms with Crippen molar-refractivity contribution in [3.05, 3.63) is 69.7 Å². The van der Waals surface area contributed by atoms with Crippen LogP contribution in [0.5, 0.6) is 0 Å². The van der Waals surface area contributed by atoms with Crippen LogP contribution in [0.2, 0.25) is 0 Å². The molecule has 0 aliphatic carbocycles. The molecule has 1 aliphatic heterocycles. The number of carbonyl (C=O) groups excluding carboxylic acids is 2. The Balaban J connectivity index is 1.89. The topological polar surface area (TPSA) is 46.6 Å². The van der Waals surface area contributed by atoms with Crippen molar-refractivity contribution in [2.75, 3.05) is 7.11 Å². The van der Waals surface area contributed by atoms with Crippen molar-refractivity contribution in [2.45, 2.75) is 19.0 Å². The van der Waals surface area contributed by atoms with Crippen molar-refractivity contribution < 1.29 is 14.3 Å². The highest BCUT2D eigenvalue weighted by molar-refractivity contribution is 9.10.